The molecule has 0 aromatic heterocycles. The molecule has 0 amide bonds. The van der Waals surface area contributed by atoms with Crippen LogP contribution < -0.4 is 11.6 Å². The molecule has 4 N–H and O–H groups in total. The summed E-state index contributed by atoms with van der Waals surface area (Å²) >= 11 is 6.12. The van der Waals surface area contributed by atoms with Crippen LogP contribution in [0.4, 0.5) is 5.69 Å². The summed E-state index contributed by atoms with van der Waals surface area (Å²) in [6.45, 7) is 0. The van der Waals surface area contributed by atoms with Gasteiger partial charge in [-0.05, 0) is 12.1 Å². The smallest absolute Gasteiger partial charge is 0.101 e. The molecule has 86 valence electrons. The Balaban J connectivity index is 2.57. The Morgan fingerprint density at radius 1 is 0.941 bits per heavy atom. The average Bonchev–Trinajstić information content (AvgIpc) is 2.34. The molecule has 0 heterocycles. The molecule has 0 radical (unpaired) electrons. The summed E-state index contributed by atoms with van der Waals surface area (Å²) in [6.07, 6.45) is 0. The molecule has 2 aromatic carbocycles. The maximum atomic E-state index is 6.12. The number of benzene rings is 2. The molecule has 2 aromatic rings. The molecule has 0 bridgehead atoms. The van der Waals surface area contributed by atoms with Crippen molar-refractivity contribution in [2.75, 3.05) is 5.73 Å². The van der Waals surface area contributed by atoms with E-state index in [0.717, 1.165) is 11.1 Å². The lowest BCUT2D eigenvalue weighted by Crippen LogP contribution is -2.09. The Morgan fingerprint density at radius 2 is 1.53 bits per heavy atom. The van der Waals surface area contributed by atoms with E-state index in [9.17, 15) is 0 Å². The SMILES string of the molecule is NN=C(c1ccccc1N)c1ccccc1Cl. The van der Waals surface area contributed by atoms with Crippen molar-refractivity contribution in [3.8, 4) is 0 Å². The van der Waals surface area contributed by atoms with Gasteiger partial charge in [-0.2, -0.15) is 5.10 Å². The zero-order chi connectivity index (χ0) is 12.3. The Bertz CT molecular complexity index is 517. The second kappa shape index (κ2) is 4.89. The molecule has 17 heavy (non-hydrogen) atoms. The molecule has 3 nitrogen and oxygen atoms in total. The van der Waals surface area contributed by atoms with Crippen molar-refractivity contribution in [2.45, 2.75) is 0 Å². The second-order valence-corrected chi connectivity index (χ2v) is 3.95. The van der Waals surface area contributed by atoms with Crippen molar-refractivity contribution in [1.82, 2.24) is 0 Å². The summed E-state index contributed by atoms with van der Waals surface area (Å²) in [5, 5.41) is 4.40. The zero-order valence-corrected chi connectivity index (χ0v) is 9.85. The number of hydrogen-bond donors (Lipinski definition) is 2. The third-order valence-electron chi connectivity index (χ3n) is 2.47. The monoisotopic (exact) mass is 245 g/mol. The fourth-order valence-corrected chi connectivity index (χ4v) is 1.88. The predicted octanol–water partition coefficient (Wildman–Crippen LogP) is 2.63. The van der Waals surface area contributed by atoms with Crippen molar-refractivity contribution in [1.29, 1.82) is 0 Å². The van der Waals surface area contributed by atoms with Gasteiger partial charge in [0.25, 0.3) is 0 Å². The van der Waals surface area contributed by atoms with Gasteiger partial charge in [0.1, 0.15) is 5.71 Å². The van der Waals surface area contributed by atoms with E-state index in [1.165, 1.54) is 0 Å². The summed E-state index contributed by atoms with van der Waals surface area (Å²) in [5.74, 6) is 5.45. The van der Waals surface area contributed by atoms with Crippen molar-refractivity contribution >= 4 is 23.0 Å². The van der Waals surface area contributed by atoms with Gasteiger partial charge in [0, 0.05) is 16.8 Å². The highest BCUT2D eigenvalue weighted by atomic mass is 35.5. The summed E-state index contributed by atoms with van der Waals surface area (Å²) in [5.41, 5.74) is 8.67. The molecule has 0 aliphatic heterocycles. The summed E-state index contributed by atoms with van der Waals surface area (Å²) < 4.78 is 0. The van der Waals surface area contributed by atoms with Crippen LogP contribution in [-0.4, -0.2) is 5.71 Å². The molecule has 2 rings (SSSR count). The molecule has 0 aliphatic rings. The van der Waals surface area contributed by atoms with E-state index in [1.807, 2.05) is 36.4 Å². The van der Waals surface area contributed by atoms with Crippen molar-refractivity contribution < 1.29 is 0 Å². The van der Waals surface area contributed by atoms with Gasteiger partial charge >= 0.3 is 0 Å². The van der Waals surface area contributed by atoms with E-state index in [0.29, 0.717) is 16.4 Å². The van der Waals surface area contributed by atoms with Gasteiger partial charge in [-0.1, -0.05) is 48.0 Å². The first-order valence-electron chi connectivity index (χ1n) is 5.11. The first-order valence-corrected chi connectivity index (χ1v) is 5.49. The quantitative estimate of drug-likeness (QED) is 0.370. The second-order valence-electron chi connectivity index (χ2n) is 3.54. The highest BCUT2D eigenvalue weighted by Gasteiger charge is 2.12. The molecule has 0 unspecified atom stereocenters. The van der Waals surface area contributed by atoms with Crippen molar-refractivity contribution in [2.24, 2.45) is 10.9 Å². The highest BCUT2D eigenvalue weighted by Crippen LogP contribution is 2.22. The average molecular weight is 246 g/mol. The van der Waals surface area contributed by atoms with Gasteiger partial charge in [-0.3, -0.25) is 0 Å². The van der Waals surface area contributed by atoms with E-state index >= 15 is 0 Å². The first-order chi connectivity index (χ1) is 8.24. The van der Waals surface area contributed by atoms with E-state index in [4.69, 9.17) is 23.2 Å². The zero-order valence-electron chi connectivity index (χ0n) is 9.10. The van der Waals surface area contributed by atoms with Crippen LogP contribution in [0.5, 0.6) is 0 Å². The molecule has 4 heteroatoms. The third-order valence-corrected chi connectivity index (χ3v) is 2.80. The standard InChI is InChI=1S/C13H12ClN3/c14-11-7-3-1-5-9(11)13(17-16)10-6-2-4-8-12(10)15/h1-8H,15-16H2. The minimum Gasteiger partial charge on any atom is -0.398 e. The van der Waals surface area contributed by atoms with Crippen LogP contribution in [0.3, 0.4) is 0 Å². The third kappa shape index (κ3) is 2.24. The highest BCUT2D eigenvalue weighted by molar-refractivity contribution is 6.35. The fraction of sp³-hybridized carbons (Fsp3) is 0. The molecule has 0 aliphatic carbocycles. The fourth-order valence-electron chi connectivity index (χ4n) is 1.65. The minimum absolute atomic E-state index is 0.591. The maximum absolute atomic E-state index is 6.12. The number of nitrogens with two attached hydrogens (primary N) is 2. The lowest BCUT2D eigenvalue weighted by Gasteiger charge is -2.09. The van der Waals surface area contributed by atoms with Gasteiger partial charge in [0.2, 0.25) is 0 Å². The topological polar surface area (TPSA) is 64.4 Å². The minimum atomic E-state index is 0.591. The van der Waals surface area contributed by atoms with Crippen molar-refractivity contribution in [3.63, 3.8) is 0 Å². The first kappa shape index (κ1) is 11.5. The molecular formula is C13H12ClN3. The van der Waals surface area contributed by atoms with Crippen molar-refractivity contribution in [3.05, 3.63) is 64.7 Å². The Kier molecular flexibility index (Phi) is 3.30. The van der Waals surface area contributed by atoms with Gasteiger partial charge < -0.3 is 11.6 Å². The maximum Gasteiger partial charge on any atom is 0.101 e. The molecule has 0 fully saturated rings. The summed E-state index contributed by atoms with van der Waals surface area (Å²) in [7, 11) is 0. The Labute approximate surface area is 105 Å². The van der Waals surface area contributed by atoms with Crippen LogP contribution in [0.1, 0.15) is 11.1 Å². The van der Waals surface area contributed by atoms with Crippen LogP contribution in [-0.2, 0) is 0 Å². The number of hydrogen-bond acceptors (Lipinski definition) is 3. The van der Waals surface area contributed by atoms with Crippen LogP contribution in [0.15, 0.2) is 53.6 Å². The van der Waals surface area contributed by atoms with E-state index < -0.39 is 0 Å². The number of para-hydroxylation sites is 1. The van der Waals surface area contributed by atoms with Gasteiger partial charge in [0.05, 0.1) is 5.02 Å². The molecular weight excluding hydrogens is 234 g/mol. The van der Waals surface area contributed by atoms with E-state index in [-0.39, 0.29) is 0 Å². The normalized spacial score (nSPS) is 11.5. The number of nitrogen functional groups attached to an aromatic ring is 1. The van der Waals surface area contributed by atoms with Crippen LogP contribution in [0.2, 0.25) is 5.02 Å². The summed E-state index contributed by atoms with van der Waals surface area (Å²) in [6, 6.07) is 14.8. The van der Waals surface area contributed by atoms with Crippen LogP contribution in [0.25, 0.3) is 0 Å². The molecule has 0 atom stereocenters. The Hall–Kier alpha value is -2.00. The van der Waals surface area contributed by atoms with E-state index in [1.54, 1.807) is 12.1 Å². The number of rotatable bonds is 2. The van der Waals surface area contributed by atoms with Crippen LogP contribution in [0, 0.1) is 0 Å². The lowest BCUT2D eigenvalue weighted by molar-refractivity contribution is 1.24. The molecule has 0 spiro atoms. The predicted molar refractivity (Wildman–Crippen MR) is 72.1 cm³/mol. The number of nitrogens with zero attached hydrogens (tertiary/aromatic N) is 1. The Morgan fingerprint density at radius 3 is 2.12 bits per heavy atom. The lowest BCUT2D eigenvalue weighted by atomic mass is 10.0. The van der Waals surface area contributed by atoms with E-state index in [2.05, 4.69) is 5.10 Å². The van der Waals surface area contributed by atoms with Gasteiger partial charge in [-0.25, -0.2) is 0 Å². The molecule has 0 saturated heterocycles. The van der Waals surface area contributed by atoms with Gasteiger partial charge in [-0.15, -0.1) is 0 Å². The van der Waals surface area contributed by atoms with Crippen LogP contribution >= 0.6 is 11.6 Å². The van der Waals surface area contributed by atoms with Gasteiger partial charge in [0.15, 0.2) is 0 Å². The number of halogens is 1. The number of anilines is 1. The molecule has 0 saturated carbocycles. The largest absolute Gasteiger partial charge is 0.398 e. The number of hydrazone groups is 1. The summed E-state index contributed by atoms with van der Waals surface area (Å²) in [4.78, 5) is 0.